The molecular formula is C13H7F3O2. The number of benzene rings is 2. The molecular weight excluding hydrogens is 245 g/mol. The van der Waals surface area contributed by atoms with E-state index in [1.807, 2.05) is 0 Å². The lowest BCUT2D eigenvalue weighted by molar-refractivity contribution is 0.0690. The molecule has 2 nitrogen and oxygen atoms in total. The second-order valence-corrected chi connectivity index (χ2v) is 3.57. The largest absolute Gasteiger partial charge is 0.478 e. The molecule has 0 bridgehead atoms. The van der Waals surface area contributed by atoms with Crippen molar-refractivity contribution >= 4 is 5.97 Å². The Hall–Kier alpha value is -2.30. The molecule has 0 aliphatic rings. The first-order chi connectivity index (χ1) is 8.52. The van der Waals surface area contributed by atoms with E-state index in [9.17, 15) is 18.0 Å². The van der Waals surface area contributed by atoms with Crippen molar-refractivity contribution in [3.8, 4) is 11.1 Å². The van der Waals surface area contributed by atoms with Crippen LogP contribution in [0.3, 0.4) is 0 Å². The summed E-state index contributed by atoms with van der Waals surface area (Å²) in [6, 6.07) is 7.23. The SMILES string of the molecule is O=C(O)c1ccc(-c2ccccc2F)c(F)c1F. The number of aromatic carboxylic acids is 1. The molecule has 0 aromatic heterocycles. The fourth-order valence-corrected chi connectivity index (χ4v) is 1.60. The van der Waals surface area contributed by atoms with Crippen LogP contribution in [-0.4, -0.2) is 11.1 Å². The fourth-order valence-electron chi connectivity index (χ4n) is 1.60. The van der Waals surface area contributed by atoms with Crippen LogP contribution in [0.5, 0.6) is 0 Å². The third kappa shape index (κ3) is 1.95. The first kappa shape index (κ1) is 12.2. The molecule has 2 aromatic carbocycles. The molecule has 18 heavy (non-hydrogen) atoms. The molecule has 0 unspecified atom stereocenters. The molecule has 0 radical (unpaired) electrons. The van der Waals surface area contributed by atoms with E-state index in [2.05, 4.69) is 0 Å². The number of hydrogen-bond acceptors (Lipinski definition) is 1. The molecule has 5 heteroatoms. The van der Waals surface area contributed by atoms with Crippen molar-refractivity contribution in [3.05, 3.63) is 59.4 Å². The average molecular weight is 252 g/mol. The Morgan fingerprint density at radius 1 is 0.889 bits per heavy atom. The smallest absolute Gasteiger partial charge is 0.338 e. The summed E-state index contributed by atoms with van der Waals surface area (Å²) in [6.45, 7) is 0. The van der Waals surface area contributed by atoms with Crippen LogP contribution >= 0.6 is 0 Å². The highest BCUT2D eigenvalue weighted by atomic mass is 19.2. The standard InChI is InChI=1S/C13H7F3O2/c14-10-4-2-1-3-7(10)8-5-6-9(13(17)18)12(16)11(8)15/h1-6H,(H,17,18). The number of halogens is 3. The van der Waals surface area contributed by atoms with Crippen LogP contribution in [0.4, 0.5) is 13.2 Å². The zero-order chi connectivity index (χ0) is 13.3. The van der Waals surface area contributed by atoms with Crippen molar-refractivity contribution < 1.29 is 23.1 Å². The number of hydrogen-bond donors (Lipinski definition) is 1. The lowest BCUT2D eigenvalue weighted by Gasteiger charge is -2.07. The minimum Gasteiger partial charge on any atom is -0.478 e. The first-order valence-corrected chi connectivity index (χ1v) is 4.98. The Kier molecular flexibility index (Phi) is 3.06. The summed E-state index contributed by atoms with van der Waals surface area (Å²) < 4.78 is 40.6. The predicted molar refractivity (Wildman–Crippen MR) is 58.7 cm³/mol. The highest BCUT2D eigenvalue weighted by Gasteiger charge is 2.19. The third-order valence-electron chi connectivity index (χ3n) is 2.48. The third-order valence-corrected chi connectivity index (χ3v) is 2.48. The van der Waals surface area contributed by atoms with E-state index in [4.69, 9.17) is 5.11 Å². The van der Waals surface area contributed by atoms with Gasteiger partial charge in [0.05, 0.1) is 5.56 Å². The molecule has 0 saturated carbocycles. The van der Waals surface area contributed by atoms with Crippen molar-refractivity contribution in [1.82, 2.24) is 0 Å². The number of carboxylic acids is 1. The number of carbonyl (C=O) groups is 1. The van der Waals surface area contributed by atoms with E-state index in [1.165, 1.54) is 18.2 Å². The molecule has 0 heterocycles. The first-order valence-electron chi connectivity index (χ1n) is 4.98. The number of rotatable bonds is 2. The van der Waals surface area contributed by atoms with Gasteiger partial charge in [-0.1, -0.05) is 24.3 Å². The maximum absolute atomic E-state index is 13.7. The van der Waals surface area contributed by atoms with Gasteiger partial charge in [-0.3, -0.25) is 0 Å². The van der Waals surface area contributed by atoms with Gasteiger partial charge in [-0.15, -0.1) is 0 Å². The van der Waals surface area contributed by atoms with Gasteiger partial charge in [0.15, 0.2) is 11.6 Å². The van der Waals surface area contributed by atoms with Gasteiger partial charge in [-0.05, 0) is 12.1 Å². The second-order valence-electron chi connectivity index (χ2n) is 3.57. The minimum absolute atomic E-state index is 0.120. The van der Waals surface area contributed by atoms with Crippen molar-refractivity contribution in [2.45, 2.75) is 0 Å². The molecule has 0 amide bonds. The van der Waals surface area contributed by atoms with Gasteiger partial charge in [0.1, 0.15) is 5.82 Å². The Labute approximate surface area is 100 Å². The lowest BCUT2D eigenvalue weighted by Crippen LogP contribution is -2.04. The van der Waals surface area contributed by atoms with Crippen LogP contribution in [0.15, 0.2) is 36.4 Å². The highest BCUT2D eigenvalue weighted by Crippen LogP contribution is 2.28. The molecule has 1 N–H and O–H groups in total. The topological polar surface area (TPSA) is 37.3 Å². The molecule has 0 atom stereocenters. The van der Waals surface area contributed by atoms with Crippen molar-refractivity contribution in [2.24, 2.45) is 0 Å². The van der Waals surface area contributed by atoms with Crippen LogP contribution in [0.2, 0.25) is 0 Å². The average Bonchev–Trinajstić information content (AvgIpc) is 2.33. The van der Waals surface area contributed by atoms with E-state index >= 15 is 0 Å². The summed E-state index contributed by atoms with van der Waals surface area (Å²) in [7, 11) is 0. The predicted octanol–water partition coefficient (Wildman–Crippen LogP) is 3.47. The van der Waals surface area contributed by atoms with E-state index in [1.54, 1.807) is 0 Å². The summed E-state index contributed by atoms with van der Waals surface area (Å²) in [4.78, 5) is 10.6. The molecule has 2 aromatic rings. The van der Waals surface area contributed by atoms with E-state index in [0.717, 1.165) is 18.2 Å². The molecule has 0 spiro atoms. The Balaban J connectivity index is 2.65. The summed E-state index contributed by atoms with van der Waals surface area (Å²) >= 11 is 0. The molecule has 0 saturated heterocycles. The maximum Gasteiger partial charge on any atom is 0.338 e. The van der Waals surface area contributed by atoms with Crippen molar-refractivity contribution in [3.63, 3.8) is 0 Å². The van der Waals surface area contributed by atoms with Crippen molar-refractivity contribution in [2.75, 3.05) is 0 Å². The monoisotopic (exact) mass is 252 g/mol. The summed E-state index contributed by atoms with van der Waals surface area (Å²) in [5.74, 6) is -5.16. The zero-order valence-electron chi connectivity index (χ0n) is 8.95. The Bertz CT molecular complexity index is 624. The van der Waals surface area contributed by atoms with Crippen LogP contribution in [0.25, 0.3) is 11.1 Å². The van der Waals surface area contributed by atoms with Gasteiger partial charge in [0.2, 0.25) is 0 Å². The molecule has 0 aliphatic heterocycles. The summed E-state index contributed by atoms with van der Waals surface area (Å²) in [6.07, 6.45) is 0. The lowest BCUT2D eigenvalue weighted by atomic mass is 10.0. The number of carboxylic acid groups (broad SMARTS) is 1. The quantitative estimate of drug-likeness (QED) is 0.888. The fraction of sp³-hybridized carbons (Fsp3) is 0. The molecule has 0 fully saturated rings. The van der Waals surface area contributed by atoms with Crippen LogP contribution in [0.1, 0.15) is 10.4 Å². The zero-order valence-corrected chi connectivity index (χ0v) is 8.95. The van der Waals surface area contributed by atoms with Gasteiger partial charge in [-0.25, -0.2) is 18.0 Å². The summed E-state index contributed by atoms with van der Waals surface area (Å²) in [5.41, 5.74) is -1.21. The van der Waals surface area contributed by atoms with Crippen LogP contribution < -0.4 is 0 Å². The van der Waals surface area contributed by atoms with Gasteiger partial charge >= 0.3 is 5.97 Å². The van der Waals surface area contributed by atoms with Crippen LogP contribution in [0, 0.1) is 17.5 Å². The Morgan fingerprint density at radius 2 is 1.56 bits per heavy atom. The van der Waals surface area contributed by atoms with E-state index in [-0.39, 0.29) is 11.1 Å². The maximum atomic E-state index is 13.7. The minimum atomic E-state index is -1.58. The van der Waals surface area contributed by atoms with Gasteiger partial charge in [-0.2, -0.15) is 0 Å². The van der Waals surface area contributed by atoms with E-state index < -0.39 is 29.0 Å². The van der Waals surface area contributed by atoms with Crippen LogP contribution in [-0.2, 0) is 0 Å². The molecule has 0 aliphatic carbocycles. The second kappa shape index (κ2) is 4.52. The van der Waals surface area contributed by atoms with Crippen molar-refractivity contribution in [1.29, 1.82) is 0 Å². The molecule has 92 valence electrons. The summed E-state index contributed by atoms with van der Waals surface area (Å²) in [5, 5.41) is 8.63. The Morgan fingerprint density at radius 3 is 2.17 bits per heavy atom. The normalized spacial score (nSPS) is 10.4. The molecule has 2 rings (SSSR count). The van der Waals surface area contributed by atoms with Gasteiger partial charge in [0, 0.05) is 11.1 Å². The van der Waals surface area contributed by atoms with Gasteiger partial charge < -0.3 is 5.11 Å². The van der Waals surface area contributed by atoms with Gasteiger partial charge in [0.25, 0.3) is 0 Å². The highest BCUT2D eigenvalue weighted by molar-refractivity contribution is 5.88. The van der Waals surface area contributed by atoms with E-state index in [0.29, 0.717) is 0 Å².